The van der Waals surface area contributed by atoms with E-state index in [1.54, 1.807) is 11.3 Å². The predicted molar refractivity (Wildman–Crippen MR) is 111 cm³/mol. The molecule has 8 nitrogen and oxygen atoms in total. The molecule has 3 rings (SSSR count). The van der Waals surface area contributed by atoms with Gasteiger partial charge in [-0.2, -0.15) is 11.3 Å². The van der Waals surface area contributed by atoms with E-state index in [2.05, 4.69) is 15.1 Å². The number of aryl methyl sites for hydroxylation is 1. The minimum Gasteiger partial charge on any atom is -0.421 e. The van der Waals surface area contributed by atoms with E-state index in [4.69, 9.17) is 4.42 Å². The number of rotatable bonds is 8. The summed E-state index contributed by atoms with van der Waals surface area (Å²) in [5.41, 5.74) is 0.909. The van der Waals surface area contributed by atoms with Crippen molar-refractivity contribution < 1.29 is 14.0 Å². The van der Waals surface area contributed by atoms with E-state index in [1.807, 2.05) is 40.5 Å². The molecule has 0 bridgehead atoms. The smallest absolute Gasteiger partial charge is 0.248 e. The molecule has 158 valence electrons. The van der Waals surface area contributed by atoms with Crippen LogP contribution in [0.25, 0.3) is 11.5 Å². The van der Waals surface area contributed by atoms with Crippen LogP contribution in [0.15, 0.2) is 21.2 Å². The highest BCUT2D eigenvalue weighted by Gasteiger charge is 2.22. The molecule has 1 aliphatic heterocycles. The van der Waals surface area contributed by atoms with Gasteiger partial charge >= 0.3 is 0 Å². The van der Waals surface area contributed by atoms with Crippen molar-refractivity contribution in [2.75, 3.05) is 45.8 Å². The third-order valence-corrected chi connectivity index (χ3v) is 5.89. The highest BCUT2D eigenvalue weighted by atomic mass is 32.1. The number of carbonyl (C=O) groups is 2. The van der Waals surface area contributed by atoms with Crippen molar-refractivity contribution in [3.8, 4) is 11.5 Å². The van der Waals surface area contributed by atoms with E-state index in [1.165, 1.54) is 0 Å². The van der Waals surface area contributed by atoms with Gasteiger partial charge in [0.25, 0.3) is 0 Å². The molecule has 0 N–H and O–H groups in total. The van der Waals surface area contributed by atoms with Crippen molar-refractivity contribution in [1.29, 1.82) is 0 Å². The lowest BCUT2D eigenvalue weighted by molar-refractivity contribution is -0.132. The largest absolute Gasteiger partial charge is 0.421 e. The maximum atomic E-state index is 12.6. The second-order valence-corrected chi connectivity index (χ2v) is 7.87. The zero-order chi connectivity index (χ0) is 20.6. The van der Waals surface area contributed by atoms with E-state index in [9.17, 15) is 9.59 Å². The highest BCUT2D eigenvalue weighted by Crippen LogP contribution is 2.21. The zero-order valence-corrected chi connectivity index (χ0v) is 18.0. The van der Waals surface area contributed by atoms with Crippen LogP contribution in [0.4, 0.5) is 0 Å². The van der Waals surface area contributed by atoms with Crippen molar-refractivity contribution in [3.63, 3.8) is 0 Å². The summed E-state index contributed by atoms with van der Waals surface area (Å²) in [6, 6.07) is 1.93. The minimum absolute atomic E-state index is 0.0946. The van der Waals surface area contributed by atoms with Gasteiger partial charge in [-0.1, -0.05) is 0 Å². The molecule has 0 aliphatic carbocycles. The Morgan fingerprint density at radius 3 is 2.72 bits per heavy atom. The Bertz CT molecular complexity index is 788. The van der Waals surface area contributed by atoms with Crippen LogP contribution in [0.1, 0.15) is 32.6 Å². The molecule has 1 fully saturated rings. The Hall–Kier alpha value is -2.26. The Labute approximate surface area is 175 Å². The Morgan fingerprint density at radius 2 is 2.00 bits per heavy atom. The fourth-order valence-electron chi connectivity index (χ4n) is 3.48. The summed E-state index contributed by atoms with van der Waals surface area (Å²) in [7, 11) is 0. The average molecular weight is 420 g/mol. The molecular formula is C20H29N5O3S. The first-order valence-electron chi connectivity index (χ1n) is 10.2. The van der Waals surface area contributed by atoms with Crippen LogP contribution in [0.3, 0.4) is 0 Å². The van der Waals surface area contributed by atoms with Gasteiger partial charge in [0.2, 0.25) is 23.6 Å². The van der Waals surface area contributed by atoms with E-state index in [0.717, 1.165) is 44.7 Å². The van der Waals surface area contributed by atoms with Gasteiger partial charge in [-0.3, -0.25) is 14.5 Å². The first-order valence-corrected chi connectivity index (χ1v) is 11.2. The number of carbonyl (C=O) groups excluding carboxylic acids is 2. The van der Waals surface area contributed by atoms with Crippen molar-refractivity contribution in [1.82, 2.24) is 24.9 Å². The van der Waals surface area contributed by atoms with E-state index in [0.29, 0.717) is 37.7 Å². The second-order valence-electron chi connectivity index (χ2n) is 7.09. The quantitative estimate of drug-likeness (QED) is 0.652. The topological polar surface area (TPSA) is 82.8 Å². The van der Waals surface area contributed by atoms with Crippen LogP contribution < -0.4 is 0 Å². The first kappa shape index (κ1) is 21.4. The van der Waals surface area contributed by atoms with Crippen LogP contribution in [0.5, 0.6) is 0 Å². The van der Waals surface area contributed by atoms with Gasteiger partial charge in [-0.25, -0.2) is 0 Å². The molecule has 0 saturated carbocycles. The highest BCUT2D eigenvalue weighted by molar-refractivity contribution is 7.08. The fourth-order valence-corrected chi connectivity index (χ4v) is 4.11. The molecule has 0 atom stereocenters. The van der Waals surface area contributed by atoms with Crippen LogP contribution in [-0.2, 0) is 16.0 Å². The molecule has 2 amide bonds. The van der Waals surface area contributed by atoms with E-state index >= 15 is 0 Å². The summed E-state index contributed by atoms with van der Waals surface area (Å²) < 4.78 is 5.66. The molecule has 2 aromatic rings. The fraction of sp³-hybridized carbons (Fsp3) is 0.600. The van der Waals surface area contributed by atoms with Gasteiger partial charge in [-0.15, -0.1) is 10.2 Å². The minimum atomic E-state index is 0.0946. The average Bonchev–Trinajstić information content (AvgIpc) is 3.36. The molecule has 3 heterocycles. The number of hydrogen-bond donors (Lipinski definition) is 0. The van der Waals surface area contributed by atoms with Crippen LogP contribution in [-0.4, -0.2) is 82.5 Å². The number of aromatic nitrogens is 2. The number of thiophene rings is 1. The molecule has 2 aromatic heterocycles. The van der Waals surface area contributed by atoms with Crippen molar-refractivity contribution in [3.05, 3.63) is 22.7 Å². The van der Waals surface area contributed by atoms with Gasteiger partial charge in [0.05, 0.1) is 6.54 Å². The van der Waals surface area contributed by atoms with Crippen molar-refractivity contribution in [2.45, 2.75) is 33.1 Å². The summed E-state index contributed by atoms with van der Waals surface area (Å²) >= 11 is 1.57. The number of amides is 2. The van der Waals surface area contributed by atoms with Crippen molar-refractivity contribution in [2.24, 2.45) is 0 Å². The lowest BCUT2D eigenvalue weighted by Crippen LogP contribution is -2.42. The number of likely N-dealkylation sites (N-methyl/N-ethyl adjacent to an activating group) is 1. The maximum Gasteiger partial charge on any atom is 0.248 e. The lowest BCUT2D eigenvalue weighted by atomic mass is 10.2. The monoisotopic (exact) mass is 419 g/mol. The molecule has 0 aromatic carbocycles. The Morgan fingerprint density at radius 1 is 1.17 bits per heavy atom. The normalized spacial score (nSPS) is 15.3. The molecular weight excluding hydrogens is 390 g/mol. The summed E-state index contributed by atoms with van der Waals surface area (Å²) in [6.45, 7) is 8.82. The maximum absolute atomic E-state index is 12.6. The second kappa shape index (κ2) is 10.5. The van der Waals surface area contributed by atoms with Gasteiger partial charge in [0.15, 0.2) is 0 Å². The lowest BCUT2D eigenvalue weighted by Gasteiger charge is -2.25. The summed E-state index contributed by atoms with van der Waals surface area (Å²) in [4.78, 5) is 30.9. The molecule has 1 aliphatic rings. The summed E-state index contributed by atoms with van der Waals surface area (Å²) in [5, 5.41) is 12.0. The molecule has 0 unspecified atom stereocenters. The standard InChI is InChI=1S/C20H29N5O3S/c1-3-24(4-2)19(27)14-23-9-5-10-25(12-11-23)18(26)7-6-17-21-22-20(28-17)16-8-13-29-15-16/h8,13,15H,3-7,9-12,14H2,1-2H3. The summed E-state index contributed by atoms with van der Waals surface area (Å²) in [6.07, 6.45) is 1.67. The Balaban J connectivity index is 1.45. The van der Waals surface area contributed by atoms with Gasteiger partial charge in [0, 0.05) is 63.1 Å². The zero-order valence-electron chi connectivity index (χ0n) is 17.2. The third kappa shape index (κ3) is 5.86. The predicted octanol–water partition coefficient (Wildman–Crippen LogP) is 2.13. The molecule has 9 heteroatoms. The summed E-state index contributed by atoms with van der Waals surface area (Å²) in [5.74, 6) is 1.24. The number of hydrogen-bond acceptors (Lipinski definition) is 7. The SMILES string of the molecule is CCN(CC)C(=O)CN1CCCN(C(=O)CCc2nnc(-c3ccsc3)o2)CC1. The molecule has 0 spiro atoms. The van der Waals surface area contributed by atoms with Crippen LogP contribution >= 0.6 is 11.3 Å². The third-order valence-electron chi connectivity index (χ3n) is 5.20. The molecule has 29 heavy (non-hydrogen) atoms. The Kier molecular flexibility index (Phi) is 7.76. The van der Waals surface area contributed by atoms with Gasteiger partial charge in [-0.05, 0) is 31.7 Å². The van der Waals surface area contributed by atoms with Crippen LogP contribution in [0.2, 0.25) is 0 Å². The van der Waals surface area contributed by atoms with Crippen molar-refractivity contribution >= 4 is 23.2 Å². The van der Waals surface area contributed by atoms with E-state index < -0.39 is 0 Å². The molecule has 1 saturated heterocycles. The van der Waals surface area contributed by atoms with Gasteiger partial charge in [0.1, 0.15) is 0 Å². The van der Waals surface area contributed by atoms with E-state index in [-0.39, 0.29) is 11.8 Å². The first-order chi connectivity index (χ1) is 14.1. The van der Waals surface area contributed by atoms with Crippen LogP contribution in [0, 0.1) is 0 Å². The number of nitrogens with zero attached hydrogens (tertiary/aromatic N) is 5. The molecule has 0 radical (unpaired) electrons. The van der Waals surface area contributed by atoms with Gasteiger partial charge < -0.3 is 14.2 Å².